The number of amides is 1. The molecule has 1 saturated carbocycles. The lowest BCUT2D eigenvalue weighted by atomic mass is 9.98. The number of nitrogens with one attached hydrogen (secondary N) is 1. The van der Waals surface area contributed by atoms with E-state index in [1.165, 1.54) is 0 Å². The van der Waals surface area contributed by atoms with E-state index in [-0.39, 0.29) is 11.9 Å². The molecule has 2 aliphatic rings. The number of fused-ring (bicyclic) bond motifs is 1. The minimum absolute atomic E-state index is 0.0238. The van der Waals surface area contributed by atoms with Crippen molar-refractivity contribution in [2.75, 3.05) is 13.1 Å². The first-order chi connectivity index (χ1) is 10.2. The maximum atomic E-state index is 12.6. The number of hydrogen-bond donors (Lipinski definition) is 2. The van der Waals surface area contributed by atoms with Crippen molar-refractivity contribution in [3.63, 3.8) is 0 Å². The number of aromatic amines is 1. The van der Waals surface area contributed by atoms with Crippen LogP contribution in [0.3, 0.4) is 0 Å². The van der Waals surface area contributed by atoms with Crippen LogP contribution in [0.4, 0.5) is 0 Å². The van der Waals surface area contributed by atoms with Gasteiger partial charge in [0.1, 0.15) is 0 Å². The monoisotopic (exact) mass is 302 g/mol. The van der Waals surface area contributed by atoms with Crippen LogP contribution in [-0.4, -0.2) is 40.1 Å². The summed E-state index contributed by atoms with van der Waals surface area (Å²) < 4.78 is 0. The molecule has 0 radical (unpaired) electrons. The van der Waals surface area contributed by atoms with Crippen LogP contribution in [0.2, 0.25) is 0 Å². The Balaban J connectivity index is 1.51. The molecule has 1 saturated heterocycles. The molecule has 4 rings (SSSR count). The predicted molar refractivity (Wildman–Crippen MR) is 82.0 cm³/mol. The highest BCUT2D eigenvalue weighted by atomic mass is 32.1. The largest absolute Gasteiger partial charge is 0.337 e. The highest BCUT2D eigenvalue weighted by molar-refractivity contribution is 7.13. The molecule has 3 atom stereocenters. The summed E-state index contributed by atoms with van der Waals surface area (Å²) in [5.41, 5.74) is 7.54. The Bertz CT molecular complexity index is 650. The Morgan fingerprint density at radius 2 is 2.33 bits per heavy atom. The second kappa shape index (κ2) is 4.96. The van der Waals surface area contributed by atoms with E-state index in [9.17, 15) is 4.79 Å². The molecule has 2 aromatic heterocycles. The van der Waals surface area contributed by atoms with Crippen LogP contribution in [0.5, 0.6) is 0 Å². The first-order valence-electron chi connectivity index (χ1n) is 7.36. The Kier molecular flexibility index (Phi) is 3.08. The van der Waals surface area contributed by atoms with Crippen molar-refractivity contribution >= 4 is 17.2 Å². The van der Waals surface area contributed by atoms with Crippen LogP contribution in [0.1, 0.15) is 23.3 Å². The Morgan fingerprint density at radius 1 is 1.43 bits per heavy atom. The van der Waals surface area contributed by atoms with Gasteiger partial charge in [0.05, 0.1) is 10.6 Å². The molecule has 0 spiro atoms. The number of nitrogens with two attached hydrogens (primary N) is 1. The van der Waals surface area contributed by atoms with E-state index in [0.717, 1.165) is 36.5 Å². The smallest absolute Gasteiger partial charge is 0.274 e. The van der Waals surface area contributed by atoms with Crippen molar-refractivity contribution in [1.29, 1.82) is 0 Å². The topological polar surface area (TPSA) is 75.0 Å². The zero-order valence-electron chi connectivity index (χ0n) is 11.7. The molecule has 1 amide bonds. The van der Waals surface area contributed by atoms with Crippen molar-refractivity contribution in [2.24, 2.45) is 17.6 Å². The third-order valence-corrected chi connectivity index (χ3v) is 5.69. The van der Waals surface area contributed by atoms with Gasteiger partial charge >= 0.3 is 0 Å². The summed E-state index contributed by atoms with van der Waals surface area (Å²) in [5, 5.41) is 9.16. The molecule has 21 heavy (non-hydrogen) atoms. The van der Waals surface area contributed by atoms with E-state index in [0.29, 0.717) is 17.5 Å². The molecule has 0 bridgehead atoms. The van der Waals surface area contributed by atoms with Gasteiger partial charge in [-0.3, -0.25) is 9.89 Å². The quantitative estimate of drug-likeness (QED) is 0.890. The first kappa shape index (κ1) is 13.0. The van der Waals surface area contributed by atoms with E-state index in [2.05, 4.69) is 10.2 Å². The predicted octanol–water partition coefficient (Wildman–Crippen LogP) is 1.95. The van der Waals surface area contributed by atoms with Crippen LogP contribution in [0.15, 0.2) is 23.6 Å². The lowest BCUT2D eigenvalue weighted by molar-refractivity contribution is 0.0773. The molecule has 2 aromatic rings. The van der Waals surface area contributed by atoms with Crippen molar-refractivity contribution in [1.82, 2.24) is 15.1 Å². The summed E-state index contributed by atoms with van der Waals surface area (Å²) in [6.07, 6.45) is 2.25. The van der Waals surface area contributed by atoms with E-state index in [4.69, 9.17) is 5.73 Å². The molecule has 5 nitrogen and oxygen atoms in total. The average molecular weight is 302 g/mol. The van der Waals surface area contributed by atoms with Gasteiger partial charge < -0.3 is 10.6 Å². The van der Waals surface area contributed by atoms with Crippen molar-refractivity contribution in [3.05, 3.63) is 29.3 Å². The molecule has 2 fully saturated rings. The number of H-pyrrole nitrogens is 1. The number of carbonyl (C=O) groups is 1. The van der Waals surface area contributed by atoms with Crippen LogP contribution in [-0.2, 0) is 0 Å². The van der Waals surface area contributed by atoms with Gasteiger partial charge in [-0.25, -0.2) is 0 Å². The van der Waals surface area contributed by atoms with Gasteiger partial charge in [-0.2, -0.15) is 5.10 Å². The van der Waals surface area contributed by atoms with Gasteiger partial charge in [-0.15, -0.1) is 11.3 Å². The molecular weight excluding hydrogens is 284 g/mol. The summed E-state index contributed by atoms with van der Waals surface area (Å²) >= 11 is 1.63. The molecule has 110 valence electrons. The summed E-state index contributed by atoms with van der Waals surface area (Å²) in [6.45, 7) is 1.62. The van der Waals surface area contributed by atoms with Crippen molar-refractivity contribution < 1.29 is 4.79 Å². The lowest BCUT2D eigenvalue weighted by Crippen LogP contribution is -2.33. The van der Waals surface area contributed by atoms with Gasteiger partial charge in [0.25, 0.3) is 5.91 Å². The maximum Gasteiger partial charge on any atom is 0.274 e. The lowest BCUT2D eigenvalue weighted by Gasteiger charge is -2.17. The van der Waals surface area contributed by atoms with E-state index >= 15 is 0 Å². The van der Waals surface area contributed by atoms with E-state index in [1.54, 1.807) is 11.3 Å². The Labute approximate surface area is 127 Å². The number of rotatable bonds is 2. The van der Waals surface area contributed by atoms with Crippen LogP contribution in [0, 0.1) is 11.8 Å². The van der Waals surface area contributed by atoms with E-state index < -0.39 is 0 Å². The second-order valence-corrected chi connectivity index (χ2v) is 6.97. The summed E-state index contributed by atoms with van der Waals surface area (Å²) in [4.78, 5) is 15.6. The van der Waals surface area contributed by atoms with Gasteiger partial charge in [0, 0.05) is 19.1 Å². The zero-order valence-corrected chi connectivity index (χ0v) is 12.5. The number of aromatic nitrogens is 2. The molecular formula is C15H18N4OS. The van der Waals surface area contributed by atoms with Crippen molar-refractivity contribution in [2.45, 2.75) is 18.9 Å². The molecule has 1 aliphatic heterocycles. The summed E-state index contributed by atoms with van der Waals surface area (Å²) in [6, 6.07) is 6.12. The zero-order chi connectivity index (χ0) is 14.4. The summed E-state index contributed by atoms with van der Waals surface area (Å²) in [5.74, 6) is 1.08. The fraction of sp³-hybridized carbons (Fsp3) is 0.467. The van der Waals surface area contributed by atoms with Crippen molar-refractivity contribution in [3.8, 4) is 10.6 Å². The molecule has 6 heteroatoms. The van der Waals surface area contributed by atoms with Crippen LogP contribution in [0.25, 0.3) is 10.6 Å². The molecule has 3 unspecified atom stereocenters. The third kappa shape index (κ3) is 2.18. The van der Waals surface area contributed by atoms with Gasteiger partial charge in [0.2, 0.25) is 0 Å². The van der Waals surface area contributed by atoms with Crippen LogP contribution < -0.4 is 5.73 Å². The molecule has 0 aromatic carbocycles. The Morgan fingerprint density at radius 3 is 3.10 bits per heavy atom. The number of hydrogen-bond acceptors (Lipinski definition) is 4. The Hall–Kier alpha value is -1.66. The highest BCUT2D eigenvalue weighted by Crippen LogP contribution is 2.37. The minimum Gasteiger partial charge on any atom is -0.337 e. The number of likely N-dealkylation sites (tertiary alicyclic amines) is 1. The SMILES string of the molecule is NC1CCC2CN(C(=O)c3cc(-c4cccs4)[nH]n3)CC12. The molecule has 3 heterocycles. The number of nitrogens with zero attached hydrogens (tertiary/aromatic N) is 2. The van der Waals surface area contributed by atoms with Gasteiger partial charge in [-0.05, 0) is 42.2 Å². The normalized spacial score (nSPS) is 28.0. The molecule has 3 N–H and O–H groups in total. The maximum absolute atomic E-state index is 12.6. The fourth-order valence-electron chi connectivity index (χ4n) is 3.62. The average Bonchev–Trinajstić information content (AvgIpc) is 3.25. The first-order valence-corrected chi connectivity index (χ1v) is 8.24. The highest BCUT2D eigenvalue weighted by Gasteiger charge is 2.42. The van der Waals surface area contributed by atoms with Crippen LogP contribution >= 0.6 is 11.3 Å². The third-order valence-electron chi connectivity index (χ3n) is 4.78. The van der Waals surface area contributed by atoms with Gasteiger partial charge in [-0.1, -0.05) is 6.07 Å². The minimum atomic E-state index is 0.0238. The molecule has 1 aliphatic carbocycles. The number of thiophene rings is 1. The number of carbonyl (C=O) groups excluding carboxylic acids is 1. The standard InChI is InChI=1S/C15H18N4OS/c16-11-4-3-9-7-19(8-10(9)11)15(20)13-6-12(17-18-13)14-2-1-5-21-14/h1-2,5-6,9-11H,3-4,7-8,16H2,(H,17,18). The fourth-order valence-corrected chi connectivity index (χ4v) is 4.32. The van der Waals surface area contributed by atoms with E-state index in [1.807, 2.05) is 28.5 Å². The summed E-state index contributed by atoms with van der Waals surface area (Å²) in [7, 11) is 0. The second-order valence-electron chi connectivity index (χ2n) is 6.02. The van der Waals surface area contributed by atoms with Gasteiger partial charge in [0.15, 0.2) is 5.69 Å².